The second kappa shape index (κ2) is 10.8. The maximum atomic E-state index is 14.5. The molecule has 0 radical (unpaired) electrons. The average molecular weight is 625 g/mol. The number of carbonyl (C=O) groups is 4. The number of Topliss-reactive ketones (excluding diaryl/α,β-unsaturated/α-hetero) is 4. The smallest absolute Gasteiger partial charge is 0.209 e. The van der Waals surface area contributed by atoms with Gasteiger partial charge in [0.25, 0.3) is 0 Å². The quantitative estimate of drug-likeness (QED) is 0.182. The number of hydrogen-bond acceptors (Lipinski definition) is 8. The summed E-state index contributed by atoms with van der Waals surface area (Å²) in [5.74, 6) is 0.254. The Morgan fingerprint density at radius 1 is 0.935 bits per heavy atom. The van der Waals surface area contributed by atoms with Crippen LogP contribution in [0.1, 0.15) is 111 Å². The van der Waals surface area contributed by atoms with Gasteiger partial charge in [-0.05, 0) is 67.9 Å². The van der Waals surface area contributed by atoms with Gasteiger partial charge in [0.15, 0.2) is 23.0 Å². The number of phenols is 1. The van der Waals surface area contributed by atoms with Crippen LogP contribution in [0.4, 0.5) is 0 Å². The highest BCUT2D eigenvalue weighted by Gasteiger charge is 2.71. The van der Waals surface area contributed by atoms with Crippen molar-refractivity contribution in [2.75, 3.05) is 0 Å². The lowest BCUT2D eigenvalue weighted by molar-refractivity contribution is -0.171. The van der Waals surface area contributed by atoms with E-state index >= 15 is 0 Å². The summed E-state index contributed by atoms with van der Waals surface area (Å²) in [4.78, 5) is 52.7. The lowest BCUT2D eigenvalue weighted by atomic mass is 9.44. The highest BCUT2D eigenvalue weighted by molar-refractivity contribution is 6.25. The summed E-state index contributed by atoms with van der Waals surface area (Å²) < 4.78 is 0. The van der Waals surface area contributed by atoms with Gasteiger partial charge in [-0.1, -0.05) is 65.5 Å². The summed E-state index contributed by atoms with van der Waals surface area (Å²) in [7, 11) is 0. The van der Waals surface area contributed by atoms with E-state index in [1.165, 1.54) is 6.92 Å². The van der Waals surface area contributed by atoms with Gasteiger partial charge in [0.05, 0.1) is 11.1 Å². The predicted octanol–water partition coefficient (Wildman–Crippen LogP) is 6.07. The number of aliphatic hydroxyl groups is 3. The Hall–Kier alpha value is -4.48. The van der Waals surface area contributed by atoms with E-state index in [4.69, 9.17) is 0 Å². The number of phenolic OH excluding ortho intramolecular Hbond substituents is 1. The fourth-order valence-corrected chi connectivity index (χ4v) is 8.37. The highest BCUT2D eigenvalue weighted by Crippen LogP contribution is 2.65. The van der Waals surface area contributed by atoms with Crippen molar-refractivity contribution in [1.82, 2.24) is 0 Å². The molecule has 3 aliphatic carbocycles. The molecule has 0 bridgehead atoms. The van der Waals surface area contributed by atoms with Crippen LogP contribution in [0.25, 0.3) is 0 Å². The normalized spacial score (nSPS) is 27.2. The fraction of sp³-hybridized carbons (Fsp3) is 0.421. The lowest BCUT2D eigenvalue weighted by Crippen LogP contribution is -2.67. The van der Waals surface area contributed by atoms with E-state index in [2.05, 4.69) is 11.8 Å². The van der Waals surface area contributed by atoms with E-state index in [9.17, 15) is 39.6 Å². The maximum Gasteiger partial charge on any atom is 0.209 e. The molecule has 8 nitrogen and oxygen atoms in total. The molecule has 0 spiro atoms. The Morgan fingerprint density at radius 2 is 1.54 bits per heavy atom. The first-order chi connectivity index (χ1) is 21.3. The summed E-state index contributed by atoms with van der Waals surface area (Å²) in [6.45, 7) is 13.5. The van der Waals surface area contributed by atoms with Crippen molar-refractivity contribution in [3.63, 3.8) is 0 Å². The number of allylic oxidation sites excluding steroid dienone is 2. The maximum absolute atomic E-state index is 14.5. The van der Waals surface area contributed by atoms with E-state index in [-0.39, 0.29) is 52.9 Å². The van der Waals surface area contributed by atoms with Gasteiger partial charge >= 0.3 is 0 Å². The van der Waals surface area contributed by atoms with E-state index < -0.39 is 56.8 Å². The zero-order chi connectivity index (χ0) is 34.3. The number of aromatic hydroxyl groups is 1. The molecular weight excluding hydrogens is 584 g/mol. The van der Waals surface area contributed by atoms with Gasteiger partial charge in [0.1, 0.15) is 22.8 Å². The summed E-state index contributed by atoms with van der Waals surface area (Å²) >= 11 is 0. The van der Waals surface area contributed by atoms with Crippen LogP contribution in [0, 0.1) is 34.5 Å². The van der Waals surface area contributed by atoms with Crippen molar-refractivity contribution in [1.29, 1.82) is 0 Å². The van der Waals surface area contributed by atoms with Crippen LogP contribution in [-0.2, 0) is 16.0 Å². The Morgan fingerprint density at radius 3 is 2.07 bits per heavy atom. The van der Waals surface area contributed by atoms with Crippen molar-refractivity contribution >= 4 is 23.1 Å². The molecule has 1 unspecified atom stereocenters. The van der Waals surface area contributed by atoms with Crippen LogP contribution in [-0.4, -0.2) is 49.2 Å². The molecule has 4 N–H and O–H groups in total. The van der Waals surface area contributed by atoms with Gasteiger partial charge in [-0.15, -0.1) is 0 Å². The Bertz CT molecular complexity index is 1860. The van der Waals surface area contributed by atoms with Crippen molar-refractivity contribution in [2.45, 2.75) is 79.8 Å². The SMILES string of the molecule is CC(=O)C1=C(O)C(C(C)C)[C@@]2(C)C[C@@]3(C)Cc4c(C(C)C)cc(C#Cc5ccc(C(C)=O)cc5)c(O)c4C(=O)C3=C(O)[C@@]2(O)C1=O. The minimum absolute atomic E-state index is 0.0288. The summed E-state index contributed by atoms with van der Waals surface area (Å²) in [5.41, 5.74) is -3.40. The molecule has 0 saturated carbocycles. The molecular formula is C38H40O8. The third kappa shape index (κ3) is 4.47. The summed E-state index contributed by atoms with van der Waals surface area (Å²) in [6, 6.07) is 8.45. The second-order valence-electron chi connectivity index (χ2n) is 14.2. The molecule has 3 aliphatic rings. The van der Waals surface area contributed by atoms with Crippen molar-refractivity contribution in [2.24, 2.45) is 22.7 Å². The number of carbonyl (C=O) groups excluding carboxylic acids is 4. The summed E-state index contributed by atoms with van der Waals surface area (Å²) in [6.07, 6.45) is 0.227. The molecule has 5 rings (SSSR count). The van der Waals surface area contributed by atoms with Crippen LogP contribution in [0.5, 0.6) is 5.75 Å². The average Bonchev–Trinajstić information content (AvgIpc) is 2.94. The van der Waals surface area contributed by atoms with E-state index in [1.54, 1.807) is 58.0 Å². The Kier molecular flexibility index (Phi) is 7.73. The first-order valence-corrected chi connectivity index (χ1v) is 15.5. The molecule has 2 aromatic rings. The van der Waals surface area contributed by atoms with Crippen LogP contribution >= 0.6 is 0 Å². The van der Waals surface area contributed by atoms with Crippen LogP contribution in [0.15, 0.2) is 53.0 Å². The van der Waals surface area contributed by atoms with Gasteiger partial charge in [-0.25, -0.2) is 0 Å². The van der Waals surface area contributed by atoms with E-state index in [0.29, 0.717) is 16.7 Å². The number of aliphatic hydroxyl groups excluding tert-OH is 2. The standard InChI is InChI=1S/C38H40O8/c1-18(2)25-15-24(14-11-22-9-12-23(13-10-22)20(5)39)31(41)28-26(25)16-36(7)17-37(8)29(19(3)4)32(42)27(21(6)40)34(44)38(37,46)35(45)30(36)33(28)43/h9-10,12-13,15,18-19,29,41-42,45-46H,16-17H2,1-8H3/t29?,36-,37-,38+/m1/s1. The minimum atomic E-state index is -2.67. The minimum Gasteiger partial charge on any atom is -0.511 e. The first kappa shape index (κ1) is 32.9. The molecule has 0 heterocycles. The van der Waals surface area contributed by atoms with Crippen LogP contribution in [0.3, 0.4) is 0 Å². The third-order valence-electron chi connectivity index (χ3n) is 10.3. The van der Waals surface area contributed by atoms with Crippen molar-refractivity contribution in [3.8, 4) is 17.6 Å². The van der Waals surface area contributed by atoms with Gasteiger partial charge in [0.2, 0.25) is 5.78 Å². The number of fused-ring (bicyclic) bond motifs is 3. The molecule has 8 heteroatoms. The Labute approximate surface area is 268 Å². The van der Waals surface area contributed by atoms with Crippen molar-refractivity contribution < 1.29 is 39.6 Å². The number of hydrogen-bond donors (Lipinski definition) is 4. The van der Waals surface area contributed by atoms with Gasteiger partial charge in [-0.3, -0.25) is 19.2 Å². The van der Waals surface area contributed by atoms with Crippen LogP contribution < -0.4 is 0 Å². The van der Waals surface area contributed by atoms with E-state index in [1.807, 2.05) is 13.8 Å². The van der Waals surface area contributed by atoms with Crippen LogP contribution in [0.2, 0.25) is 0 Å². The van der Waals surface area contributed by atoms with E-state index in [0.717, 1.165) is 12.5 Å². The molecule has 4 atom stereocenters. The topological polar surface area (TPSA) is 149 Å². The summed E-state index contributed by atoms with van der Waals surface area (Å²) in [5, 5.41) is 47.0. The first-order valence-electron chi connectivity index (χ1n) is 15.5. The molecule has 0 amide bonds. The molecule has 0 aromatic heterocycles. The lowest BCUT2D eigenvalue weighted by Gasteiger charge is -2.59. The van der Waals surface area contributed by atoms with Gasteiger partial charge in [-0.2, -0.15) is 0 Å². The Balaban J connectivity index is 1.75. The second-order valence-corrected chi connectivity index (χ2v) is 14.2. The molecule has 46 heavy (non-hydrogen) atoms. The zero-order valence-corrected chi connectivity index (χ0v) is 27.5. The third-order valence-corrected chi connectivity index (χ3v) is 10.3. The molecule has 0 fully saturated rings. The molecule has 0 saturated heterocycles. The number of rotatable bonds is 4. The molecule has 0 aliphatic heterocycles. The van der Waals surface area contributed by atoms with Gasteiger partial charge < -0.3 is 20.4 Å². The predicted molar refractivity (Wildman–Crippen MR) is 172 cm³/mol. The zero-order valence-electron chi connectivity index (χ0n) is 27.5. The number of ketones is 4. The molecule has 2 aromatic carbocycles. The van der Waals surface area contributed by atoms with Crippen molar-refractivity contribution in [3.05, 3.63) is 86.4 Å². The molecule has 240 valence electrons. The number of benzene rings is 2. The monoisotopic (exact) mass is 624 g/mol. The van der Waals surface area contributed by atoms with Gasteiger partial charge in [0, 0.05) is 33.4 Å². The fourth-order valence-electron chi connectivity index (χ4n) is 8.37. The largest absolute Gasteiger partial charge is 0.511 e. The highest BCUT2D eigenvalue weighted by atomic mass is 16.3.